The first-order valence-electron chi connectivity index (χ1n) is 5.04. The van der Waals surface area contributed by atoms with Gasteiger partial charge in [-0.15, -0.1) is 0 Å². The average molecular weight is 193 g/mol. The van der Waals surface area contributed by atoms with Gasteiger partial charge in [-0.25, -0.2) is 0 Å². The van der Waals surface area contributed by atoms with Crippen LogP contribution in [-0.2, 0) is 0 Å². The summed E-state index contributed by atoms with van der Waals surface area (Å²) in [5, 5.41) is 8.76. The van der Waals surface area contributed by atoms with Crippen molar-refractivity contribution in [2.45, 2.75) is 20.3 Å². The van der Waals surface area contributed by atoms with Crippen molar-refractivity contribution in [3.63, 3.8) is 0 Å². The number of anilines is 1. The molecule has 14 heavy (non-hydrogen) atoms. The van der Waals surface area contributed by atoms with Crippen molar-refractivity contribution in [3.8, 4) is 0 Å². The van der Waals surface area contributed by atoms with Crippen LogP contribution in [-0.4, -0.2) is 25.3 Å². The van der Waals surface area contributed by atoms with E-state index in [4.69, 9.17) is 5.11 Å². The molecule has 78 valence electrons. The van der Waals surface area contributed by atoms with E-state index in [1.807, 2.05) is 0 Å². The Bertz CT molecular complexity index is 296. The third kappa shape index (κ3) is 2.74. The number of nitrogens with zero attached hydrogens (tertiary/aromatic N) is 1. The van der Waals surface area contributed by atoms with E-state index in [2.05, 4.69) is 44.0 Å². The van der Waals surface area contributed by atoms with E-state index in [0.29, 0.717) is 0 Å². The molecular formula is C12H19NO. The van der Waals surface area contributed by atoms with Crippen LogP contribution in [0, 0.1) is 13.8 Å². The molecule has 0 heterocycles. The molecule has 2 nitrogen and oxygen atoms in total. The zero-order valence-electron chi connectivity index (χ0n) is 9.25. The lowest BCUT2D eigenvalue weighted by atomic mass is 10.1. The predicted octanol–water partition coefficient (Wildman–Crippen LogP) is 2.12. The summed E-state index contributed by atoms with van der Waals surface area (Å²) in [6.45, 7) is 5.38. The average Bonchev–Trinajstić information content (AvgIpc) is 2.18. The summed E-state index contributed by atoms with van der Waals surface area (Å²) < 4.78 is 0. The fourth-order valence-corrected chi connectivity index (χ4v) is 1.56. The number of hydrogen-bond donors (Lipinski definition) is 1. The lowest BCUT2D eigenvalue weighted by molar-refractivity contribution is 0.290. The molecular weight excluding hydrogens is 174 g/mol. The lowest BCUT2D eigenvalue weighted by Gasteiger charge is -2.21. The summed E-state index contributed by atoms with van der Waals surface area (Å²) >= 11 is 0. The highest BCUT2D eigenvalue weighted by Crippen LogP contribution is 2.20. The molecule has 0 aliphatic heterocycles. The summed E-state index contributed by atoms with van der Waals surface area (Å²) in [6, 6.07) is 6.45. The van der Waals surface area contributed by atoms with Crippen LogP contribution in [0.2, 0.25) is 0 Å². The van der Waals surface area contributed by atoms with Gasteiger partial charge in [-0.2, -0.15) is 0 Å². The summed E-state index contributed by atoms with van der Waals surface area (Å²) in [5.74, 6) is 0. The molecule has 0 amide bonds. The van der Waals surface area contributed by atoms with Crippen LogP contribution in [0.15, 0.2) is 18.2 Å². The SMILES string of the molecule is Cc1ccc(C)c(N(C)CCCO)c1. The summed E-state index contributed by atoms with van der Waals surface area (Å²) in [5.41, 5.74) is 3.83. The molecule has 1 N–H and O–H groups in total. The molecule has 0 spiro atoms. The number of aryl methyl sites for hydroxylation is 2. The van der Waals surface area contributed by atoms with Gasteiger partial charge in [0.05, 0.1) is 0 Å². The van der Waals surface area contributed by atoms with Crippen LogP contribution in [0.1, 0.15) is 17.5 Å². The van der Waals surface area contributed by atoms with Crippen molar-refractivity contribution < 1.29 is 5.11 Å². The highest BCUT2D eigenvalue weighted by atomic mass is 16.3. The second-order valence-corrected chi connectivity index (χ2v) is 3.79. The molecule has 0 unspecified atom stereocenters. The molecule has 0 radical (unpaired) electrons. The molecule has 2 heteroatoms. The molecule has 1 aromatic carbocycles. The predicted molar refractivity (Wildman–Crippen MR) is 60.9 cm³/mol. The van der Waals surface area contributed by atoms with Crippen LogP contribution < -0.4 is 4.90 Å². The van der Waals surface area contributed by atoms with Gasteiger partial charge < -0.3 is 10.0 Å². The monoisotopic (exact) mass is 193 g/mol. The first-order chi connectivity index (χ1) is 6.65. The molecule has 0 atom stereocenters. The molecule has 0 fully saturated rings. The Morgan fingerprint density at radius 3 is 2.64 bits per heavy atom. The molecule has 0 aliphatic carbocycles. The number of rotatable bonds is 4. The molecule has 0 saturated carbocycles. The Labute approximate surface area is 86.2 Å². The lowest BCUT2D eigenvalue weighted by Crippen LogP contribution is -2.20. The molecule has 1 aromatic rings. The second-order valence-electron chi connectivity index (χ2n) is 3.79. The maximum atomic E-state index is 8.76. The smallest absolute Gasteiger partial charge is 0.0447 e. The Kier molecular flexibility index (Phi) is 3.96. The van der Waals surface area contributed by atoms with Crippen LogP contribution in [0.3, 0.4) is 0 Å². The summed E-state index contributed by atoms with van der Waals surface area (Å²) in [6.07, 6.45) is 0.823. The van der Waals surface area contributed by atoms with Crippen LogP contribution in [0.4, 0.5) is 5.69 Å². The maximum Gasteiger partial charge on any atom is 0.0447 e. The maximum absolute atomic E-state index is 8.76. The Hall–Kier alpha value is -1.02. The zero-order chi connectivity index (χ0) is 10.6. The number of aliphatic hydroxyl groups excluding tert-OH is 1. The van der Waals surface area contributed by atoms with Gasteiger partial charge in [0.15, 0.2) is 0 Å². The van der Waals surface area contributed by atoms with E-state index < -0.39 is 0 Å². The first kappa shape index (κ1) is 11.1. The Balaban J connectivity index is 2.77. The van der Waals surface area contributed by atoms with E-state index in [9.17, 15) is 0 Å². The van der Waals surface area contributed by atoms with E-state index >= 15 is 0 Å². The van der Waals surface area contributed by atoms with E-state index in [-0.39, 0.29) is 6.61 Å². The van der Waals surface area contributed by atoms with Gasteiger partial charge in [0, 0.05) is 25.9 Å². The van der Waals surface area contributed by atoms with E-state index in [0.717, 1.165) is 13.0 Å². The largest absolute Gasteiger partial charge is 0.396 e. The quantitative estimate of drug-likeness (QED) is 0.791. The topological polar surface area (TPSA) is 23.5 Å². The van der Waals surface area contributed by atoms with Crippen molar-refractivity contribution in [2.24, 2.45) is 0 Å². The minimum atomic E-state index is 0.259. The number of benzene rings is 1. The van der Waals surface area contributed by atoms with E-state index in [1.54, 1.807) is 0 Å². The second kappa shape index (κ2) is 5.01. The standard InChI is InChI=1S/C12H19NO/c1-10-5-6-11(2)12(9-10)13(3)7-4-8-14/h5-6,9,14H,4,7-8H2,1-3H3. The summed E-state index contributed by atoms with van der Waals surface area (Å²) in [7, 11) is 2.07. The fraction of sp³-hybridized carbons (Fsp3) is 0.500. The zero-order valence-corrected chi connectivity index (χ0v) is 9.25. The van der Waals surface area contributed by atoms with Crippen LogP contribution in [0.5, 0.6) is 0 Å². The normalized spacial score (nSPS) is 10.3. The molecule has 1 rings (SSSR count). The molecule has 0 saturated heterocycles. The minimum Gasteiger partial charge on any atom is -0.396 e. The third-order valence-corrected chi connectivity index (χ3v) is 2.43. The van der Waals surface area contributed by atoms with Crippen molar-refractivity contribution in [3.05, 3.63) is 29.3 Å². The number of aliphatic hydroxyl groups is 1. The van der Waals surface area contributed by atoms with Crippen molar-refractivity contribution in [1.82, 2.24) is 0 Å². The first-order valence-corrected chi connectivity index (χ1v) is 5.04. The highest BCUT2D eigenvalue weighted by Gasteiger charge is 2.03. The Morgan fingerprint density at radius 2 is 2.00 bits per heavy atom. The van der Waals surface area contributed by atoms with Gasteiger partial charge in [-0.3, -0.25) is 0 Å². The summed E-state index contributed by atoms with van der Waals surface area (Å²) in [4.78, 5) is 2.19. The molecule has 0 bridgehead atoms. The minimum absolute atomic E-state index is 0.259. The third-order valence-electron chi connectivity index (χ3n) is 2.43. The fourth-order valence-electron chi connectivity index (χ4n) is 1.56. The molecule has 0 aromatic heterocycles. The molecule has 0 aliphatic rings. The Morgan fingerprint density at radius 1 is 1.29 bits per heavy atom. The number of hydrogen-bond acceptors (Lipinski definition) is 2. The van der Waals surface area contributed by atoms with Crippen molar-refractivity contribution in [2.75, 3.05) is 25.1 Å². The highest BCUT2D eigenvalue weighted by molar-refractivity contribution is 5.54. The van der Waals surface area contributed by atoms with Gasteiger partial charge in [0.2, 0.25) is 0 Å². The van der Waals surface area contributed by atoms with Gasteiger partial charge >= 0.3 is 0 Å². The van der Waals surface area contributed by atoms with Crippen molar-refractivity contribution in [1.29, 1.82) is 0 Å². The van der Waals surface area contributed by atoms with E-state index in [1.165, 1.54) is 16.8 Å². The van der Waals surface area contributed by atoms with Gasteiger partial charge in [0.1, 0.15) is 0 Å². The van der Waals surface area contributed by atoms with Crippen LogP contribution >= 0.6 is 0 Å². The van der Waals surface area contributed by atoms with Crippen LogP contribution in [0.25, 0.3) is 0 Å². The van der Waals surface area contributed by atoms with Gasteiger partial charge in [-0.05, 0) is 37.5 Å². The van der Waals surface area contributed by atoms with Gasteiger partial charge in [0.25, 0.3) is 0 Å². The van der Waals surface area contributed by atoms with Crippen molar-refractivity contribution >= 4 is 5.69 Å². The van der Waals surface area contributed by atoms with Gasteiger partial charge in [-0.1, -0.05) is 12.1 Å².